The van der Waals surface area contributed by atoms with Crippen LogP contribution in [0.25, 0.3) is 0 Å². The lowest BCUT2D eigenvalue weighted by molar-refractivity contribution is -0.140. The molecule has 2 rings (SSSR count). The number of hydrogen-bond donors (Lipinski definition) is 2. The Morgan fingerprint density at radius 2 is 1.95 bits per heavy atom. The molecule has 0 bridgehead atoms. The molecular formula is C15H23ClN2O3. The number of benzene rings is 1. The zero-order valence-corrected chi connectivity index (χ0v) is 13.5. The molecule has 1 aromatic rings. The summed E-state index contributed by atoms with van der Waals surface area (Å²) in [7, 11) is 3.23. The van der Waals surface area contributed by atoms with E-state index in [4.69, 9.17) is 9.47 Å². The third kappa shape index (κ3) is 3.87. The minimum absolute atomic E-state index is 0. The molecule has 0 unspecified atom stereocenters. The molecule has 1 amide bonds. The second kappa shape index (κ2) is 7.64. The van der Waals surface area contributed by atoms with Gasteiger partial charge in [0.25, 0.3) is 5.91 Å². The van der Waals surface area contributed by atoms with Crippen molar-refractivity contribution in [3.8, 4) is 5.75 Å². The van der Waals surface area contributed by atoms with Gasteiger partial charge in [0.05, 0.1) is 7.11 Å². The molecule has 1 aliphatic rings. The van der Waals surface area contributed by atoms with Gasteiger partial charge >= 0.3 is 0 Å². The first kappa shape index (κ1) is 17.8. The fourth-order valence-electron chi connectivity index (χ4n) is 2.49. The smallest absolute Gasteiger partial charge is 0.256 e. The van der Waals surface area contributed by atoms with Crippen LogP contribution >= 0.6 is 12.4 Å². The molecule has 1 aromatic carbocycles. The predicted octanol–water partition coefficient (Wildman–Crippen LogP) is 2.13. The Hall–Kier alpha value is -1.30. The number of nitrogens with one attached hydrogen (secondary N) is 2. The van der Waals surface area contributed by atoms with Gasteiger partial charge < -0.3 is 20.1 Å². The van der Waals surface area contributed by atoms with Gasteiger partial charge in [-0.25, -0.2) is 0 Å². The van der Waals surface area contributed by atoms with E-state index in [1.165, 1.54) is 0 Å². The average Bonchev–Trinajstić information content (AvgIpc) is 2.49. The van der Waals surface area contributed by atoms with E-state index in [0.717, 1.165) is 30.1 Å². The average molecular weight is 315 g/mol. The molecule has 21 heavy (non-hydrogen) atoms. The number of piperidine rings is 1. The number of methoxy groups -OCH3 is 2. The van der Waals surface area contributed by atoms with E-state index in [2.05, 4.69) is 10.6 Å². The fraction of sp³-hybridized carbons (Fsp3) is 0.533. The molecule has 1 fully saturated rings. The third-order valence-electron chi connectivity index (χ3n) is 3.90. The Bertz CT molecular complexity index is 488. The first-order valence-corrected chi connectivity index (χ1v) is 6.83. The summed E-state index contributed by atoms with van der Waals surface area (Å²) in [5.74, 6) is 0.707. The summed E-state index contributed by atoms with van der Waals surface area (Å²) in [5, 5.41) is 6.22. The van der Waals surface area contributed by atoms with Gasteiger partial charge in [0.15, 0.2) is 0 Å². The van der Waals surface area contributed by atoms with Crippen LogP contribution in [0.3, 0.4) is 0 Å². The summed E-state index contributed by atoms with van der Waals surface area (Å²) in [6, 6.07) is 5.60. The maximum absolute atomic E-state index is 12.5. The number of aryl methyl sites for hydroxylation is 1. The van der Waals surface area contributed by atoms with E-state index in [0.29, 0.717) is 12.8 Å². The number of amides is 1. The van der Waals surface area contributed by atoms with Crippen molar-refractivity contribution in [2.75, 3.05) is 32.6 Å². The molecule has 118 valence electrons. The van der Waals surface area contributed by atoms with Gasteiger partial charge in [-0.05, 0) is 56.6 Å². The van der Waals surface area contributed by atoms with Gasteiger partial charge in [0, 0.05) is 12.8 Å². The van der Waals surface area contributed by atoms with E-state index in [9.17, 15) is 4.79 Å². The maximum atomic E-state index is 12.5. The van der Waals surface area contributed by atoms with Crippen LogP contribution in [0.2, 0.25) is 0 Å². The van der Waals surface area contributed by atoms with Gasteiger partial charge in [-0.3, -0.25) is 4.79 Å². The SMILES string of the molecule is COc1ccc(NC(=O)C2(OC)CCNCC2)c(C)c1.Cl. The van der Waals surface area contributed by atoms with E-state index in [1.807, 2.05) is 25.1 Å². The van der Waals surface area contributed by atoms with Crippen LogP contribution in [0, 0.1) is 6.92 Å². The van der Waals surface area contributed by atoms with E-state index in [-0.39, 0.29) is 18.3 Å². The molecule has 0 aromatic heterocycles. The van der Waals surface area contributed by atoms with E-state index >= 15 is 0 Å². The predicted molar refractivity (Wildman–Crippen MR) is 85.5 cm³/mol. The Labute approximate surface area is 131 Å². The minimum Gasteiger partial charge on any atom is -0.497 e. The second-order valence-electron chi connectivity index (χ2n) is 5.08. The van der Waals surface area contributed by atoms with Crippen molar-refractivity contribution in [2.45, 2.75) is 25.4 Å². The molecule has 0 spiro atoms. The number of halogens is 1. The summed E-state index contributed by atoms with van der Waals surface area (Å²) < 4.78 is 10.7. The number of carbonyl (C=O) groups is 1. The number of rotatable bonds is 4. The van der Waals surface area contributed by atoms with Crippen LogP contribution in [0.15, 0.2) is 18.2 Å². The maximum Gasteiger partial charge on any atom is 0.256 e. The van der Waals surface area contributed by atoms with Crippen LogP contribution in [-0.2, 0) is 9.53 Å². The highest BCUT2D eigenvalue weighted by atomic mass is 35.5. The van der Waals surface area contributed by atoms with Crippen molar-refractivity contribution >= 4 is 24.0 Å². The number of ether oxygens (including phenoxy) is 2. The quantitative estimate of drug-likeness (QED) is 0.894. The molecule has 0 atom stereocenters. The van der Waals surface area contributed by atoms with Crippen LogP contribution in [0.4, 0.5) is 5.69 Å². The number of hydrogen-bond acceptors (Lipinski definition) is 4. The summed E-state index contributed by atoms with van der Waals surface area (Å²) in [6.07, 6.45) is 1.37. The molecule has 1 saturated heterocycles. The minimum atomic E-state index is -0.725. The molecule has 6 heteroatoms. The van der Waals surface area contributed by atoms with Crippen molar-refractivity contribution in [3.63, 3.8) is 0 Å². The highest BCUT2D eigenvalue weighted by Crippen LogP contribution is 2.27. The summed E-state index contributed by atoms with van der Waals surface area (Å²) in [5.41, 5.74) is 1.04. The first-order chi connectivity index (χ1) is 9.61. The number of carbonyl (C=O) groups excluding carboxylic acids is 1. The second-order valence-corrected chi connectivity index (χ2v) is 5.08. The van der Waals surface area contributed by atoms with Gasteiger partial charge in [0.1, 0.15) is 11.4 Å². The van der Waals surface area contributed by atoms with Crippen LogP contribution in [0.5, 0.6) is 5.75 Å². The van der Waals surface area contributed by atoms with Crippen molar-refractivity contribution in [2.24, 2.45) is 0 Å². The van der Waals surface area contributed by atoms with Gasteiger partial charge in [-0.15, -0.1) is 12.4 Å². The van der Waals surface area contributed by atoms with Crippen molar-refractivity contribution < 1.29 is 14.3 Å². The molecule has 5 nitrogen and oxygen atoms in total. The van der Waals surface area contributed by atoms with Crippen molar-refractivity contribution in [1.29, 1.82) is 0 Å². The highest BCUT2D eigenvalue weighted by Gasteiger charge is 2.39. The first-order valence-electron chi connectivity index (χ1n) is 6.83. The zero-order chi connectivity index (χ0) is 14.6. The van der Waals surface area contributed by atoms with Crippen molar-refractivity contribution in [1.82, 2.24) is 5.32 Å². The van der Waals surface area contributed by atoms with E-state index < -0.39 is 5.60 Å². The Balaban J connectivity index is 0.00000220. The van der Waals surface area contributed by atoms with Crippen LogP contribution < -0.4 is 15.4 Å². The lowest BCUT2D eigenvalue weighted by Crippen LogP contribution is -2.51. The molecular weight excluding hydrogens is 292 g/mol. The topological polar surface area (TPSA) is 59.6 Å². The highest BCUT2D eigenvalue weighted by molar-refractivity contribution is 5.98. The monoisotopic (exact) mass is 314 g/mol. The normalized spacial score (nSPS) is 16.7. The summed E-state index contributed by atoms with van der Waals surface area (Å²) in [6.45, 7) is 3.53. The van der Waals surface area contributed by atoms with E-state index in [1.54, 1.807) is 14.2 Å². The third-order valence-corrected chi connectivity index (χ3v) is 3.90. The molecule has 1 heterocycles. The summed E-state index contributed by atoms with van der Waals surface area (Å²) in [4.78, 5) is 12.5. The fourth-order valence-corrected chi connectivity index (χ4v) is 2.49. The van der Waals surface area contributed by atoms with Crippen molar-refractivity contribution in [3.05, 3.63) is 23.8 Å². The molecule has 0 radical (unpaired) electrons. The van der Waals surface area contributed by atoms with Gasteiger partial charge in [0.2, 0.25) is 0 Å². The van der Waals surface area contributed by atoms with Gasteiger partial charge in [-0.2, -0.15) is 0 Å². The zero-order valence-electron chi connectivity index (χ0n) is 12.7. The number of anilines is 1. The molecule has 2 N–H and O–H groups in total. The summed E-state index contributed by atoms with van der Waals surface area (Å²) >= 11 is 0. The molecule has 0 saturated carbocycles. The van der Waals surface area contributed by atoms with Gasteiger partial charge in [-0.1, -0.05) is 0 Å². The Kier molecular flexibility index (Phi) is 6.45. The standard InChI is InChI=1S/C15H22N2O3.ClH/c1-11-10-12(19-2)4-5-13(11)17-14(18)15(20-3)6-8-16-9-7-15;/h4-5,10,16H,6-9H2,1-3H3,(H,17,18);1H. The lowest BCUT2D eigenvalue weighted by Gasteiger charge is -2.34. The largest absolute Gasteiger partial charge is 0.497 e. The molecule has 0 aliphatic carbocycles. The lowest BCUT2D eigenvalue weighted by atomic mass is 9.91. The van der Waals surface area contributed by atoms with Crippen LogP contribution in [0.1, 0.15) is 18.4 Å². The van der Waals surface area contributed by atoms with Crippen LogP contribution in [-0.4, -0.2) is 38.8 Å². The Morgan fingerprint density at radius 3 is 2.48 bits per heavy atom. The molecule has 1 aliphatic heterocycles. The Morgan fingerprint density at radius 1 is 1.29 bits per heavy atom.